The normalized spacial score (nSPS) is 17.9. The zero-order valence-electron chi connectivity index (χ0n) is 4.84. The number of carboxylic acid groups (broad SMARTS) is 1. The van der Waals surface area contributed by atoms with Gasteiger partial charge in [-0.3, -0.25) is 0 Å². The third-order valence-corrected chi connectivity index (χ3v) is 1.93. The van der Waals surface area contributed by atoms with E-state index >= 15 is 0 Å². The zero-order valence-corrected chi connectivity index (χ0v) is 5.65. The van der Waals surface area contributed by atoms with Gasteiger partial charge in [-0.15, -0.1) is 3.89 Å². The summed E-state index contributed by atoms with van der Waals surface area (Å²) >= 11 is 0. The molecule has 0 aliphatic rings. The lowest BCUT2D eigenvalue weighted by atomic mass is 10.4. The van der Waals surface area contributed by atoms with E-state index in [2.05, 4.69) is 0 Å². The number of carbonyl (C=O) groups is 1. The van der Waals surface area contributed by atoms with Crippen molar-refractivity contribution in [1.29, 1.82) is 0 Å². The largest absolute Gasteiger partial charge is 0.478 e. The van der Waals surface area contributed by atoms with Crippen molar-refractivity contribution in [3.05, 3.63) is 0 Å². The second-order valence-corrected chi connectivity index (χ2v) is 3.30. The summed E-state index contributed by atoms with van der Waals surface area (Å²) in [4.78, 5) is 9.67. The summed E-state index contributed by atoms with van der Waals surface area (Å²) in [6, 6.07) is 0. The summed E-state index contributed by atoms with van der Waals surface area (Å²) in [5.74, 6) is -2.37. The lowest BCUT2D eigenvalue weighted by molar-refractivity contribution is -0.144. The van der Waals surface area contributed by atoms with E-state index in [9.17, 15) is 21.5 Å². The minimum Gasteiger partial charge on any atom is -0.478 e. The van der Waals surface area contributed by atoms with E-state index in [-0.39, 0.29) is 6.92 Å². The molecule has 0 fully saturated rings. The van der Waals surface area contributed by atoms with Crippen molar-refractivity contribution in [3.8, 4) is 0 Å². The number of rotatable bonds is 2. The third kappa shape index (κ3) is 1.41. The van der Waals surface area contributed by atoms with Gasteiger partial charge in [-0.05, 0) is 6.92 Å². The monoisotopic (exact) mass is 174 g/mol. The number of aliphatic carboxylic acids is 1. The Hall–Kier alpha value is -0.720. The minimum atomic E-state index is -5.67. The summed E-state index contributed by atoms with van der Waals surface area (Å²) in [7, 11) is -5.67. The van der Waals surface area contributed by atoms with Crippen LogP contribution in [0.3, 0.4) is 0 Å². The fraction of sp³-hybridized carbons (Fsp3) is 0.667. The molecular formula is C3H4F2O4S. The molecule has 0 bridgehead atoms. The van der Waals surface area contributed by atoms with Crippen LogP contribution in [0.2, 0.25) is 0 Å². The SMILES string of the molecule is CC(F)(C(=O)O)S(=O)(=O)F. The van der Waals surface area contributed by atoms with Gasteiger partial charge in [0.2, 0.25) is 0 Å². The van der Waals surface area contributed by atoms with Gasteiger partial charge in [0.05, 0.1) is 0 Å². The van der Waals surface area contributed by atoms with Crippen LogP contribution in [0.1, 0.15) is 6.92 Å². The number of hydrogen-bond acceptors (Lipinski definition) is 3. The van der Waals surface area contributed by atoms with E-state index in [4.69, 9.17) is 5.11 Å². The van der Waals surface area contributed by atoms with Gasteiger partial charge in [-0.2, -0.15) is 8.42 Å². The van der Waals surface area contributed by atoms with Crippen LogP contribution in [-0.4, -0.2) is 24.5 Å². The molecule has 4 nitrogen and oxygen atoms in total. The Labute approximate surface area is 55.7 Å². The first kappa shape index (κ1) is 9.28. The van der Waals surface area contributed by atoms with E-state index in [1.165, 1.54) is 0 Å². The van der Waals surface area contributed by atoms with Crippen molar-refractivity contribution in [1.82, 2.24) is 0 Å². The van der Waals surface area contributed by atoms with Gasteiger partial charge in [0.1, 0.15) is 0 Å². The Morgan fingerprint density at radius 1 is 1.60 bits per heavy atom. The fourth-order valence-electron chi connectivity index (χ4n) is 0.104. The molecule has 0 saturated carbocycles. The third-order valence-electron chi connectivity index (χ3n) is 0.840. The molecule has 0 saturated heterocycles. The Balaban J connectivity index is 4.95. The molecule has 0 heterocycles. The summed E-state index contributed by atoms with van der Waals surface area (Å²) < 4.78 is 43.1. The summed E-state index contributed by atoms with van der Waals surface area (Å²) in [5.41, 5.74) is 0. The lowest BCUT2D eigenvalue weighted by Crippen LogP contribution is -2.36. The van der Waals surface area contributed by atoms with Crippen LogP contribution in [0.15, 0.2) is 0 Å². The van der Waals surface area contributed by atoms with Crippen LogP contribution in [-0.2, 0) is 15.0 Å². The summed E-state index contributed by atoms with van der Waals surface area (Å²) in [6.45, 7) is 0.116. The maximum atomic E-state index is 12.2. The molecule has 0 aliphatic heterocycles. The van der Waals surface area contributed by atoms with Gasteiger partial charge in [0.25, 0.3) is 0 Å². The predicted octanol–water partition coefficient (Wildman–Crippen LogP) is 0.0560. The molecule has 60 valence electrons. The highest BCUT2D eigenvalue weighted by atomic mass is 32.3. The zero-order chi connectivity index (χ0) is 8.58. The number of alkyl halides is 1. The van der Waals surface area contributed by atoms with Crippen LogP contribution in [0.5, 0.6) is 0 Å². The topological polar surface area (TPSA) is 71.4 Å². The van der Waals surface area contributed by atoms with Gasteiger partial charge in [0, 0.05) is 0 Å². The summed E-state index contributed by atoms with van der Waals surface area (Å²) in [6.07, 6.45) is 0. The maximum absolute atomic E-state index is 12.2. The van der Waals surface area contributed by atoms with E-state index in [1.54, 1.807) is 0 Å². The Kier molecular flexibility index (Phi) is 2.00. The van der Waals surface area contributed by atoms with Crippen molar-refractivity contribution in [2.24, 2.45) is 0 Å². The quantitative estimate of drug-likeness (QED) is 0.600. The standard InChI is InChI=1S/C3H4F2O4S/c1-3(4,2(6)7)10(5,8)9/h1H3,(H,6,7). The van der Waals surface area contributed by atoms with Gasteiger partial charge in [0.15, 0.2) is 0 Å². The van der Waals surface area contributed by atoms with E-state index < -0.39 is 21.2 Å². The van der Waals surface area contributed by atoms with Crippen molar-refractivity contribution in [2.45, 2.75) is 11.9 Å². The Bertz CT molecular complexity index is 241. The van der Waals surface area contributed by atoms with E-state index in [1.807, 2.05) is 0 Å². The predicted molar refractivity (Wildman–Crippen MR) is 27.2 cm³/mol. The molecule has 0 radical (unpaired) electrons. The summed E-state index contributed by atoms with van der Waals surface area (Å²) in [5, 5.41) is 3.94. The maximum Gasteiger partial charge on any atom is 0.360 e. The van der Waals surface area contributed by atoms with Crippen LogP contribution in [0, 0.1) is 0 Å². The molecular weight excluding hydrogens is 170 g/mol. The molecule has 0 aliphatic carbocycles. The number of hydrogen-bond donors (Lipinski definition) is 1. The van der Waals surface area contributed by atoms with E-state index in [0.717, 1.165) is 0 Å². The number of carboxylic acids is 1. The van der Waals surface area contributed by atoms with Crippen LogP contribution in [0.25, 0.3) is 0 Å². The smallest absolute Gasteiger partial charge is 0.360 e. The second-order valence-electron chi connectivity index (χ2n) is 1.66. The highest BCUT2D eigenvalue weighted by Gasteiger charge is 2.48. The first-order valence-corrected chi connectivity index (χ1v) is 3.44. The molecule has 1 unspecified atom stereocenters. The fourth-order valence-corrected chi connectivity index (χ4v) is 0.313. The molecule has 0 aromatic rings. The molecule has 7 heteroatoms. The molecule has 0 spiro atoms. The van der Waals surface area contributed by atoms with Gasteiger partial charge >= 0.3 is 21.2 Å². The number of halogens is 2. The van der Waals surface area contributed by atoms with Crippen molar-refractivity contribution in [3.63, 3.8) is 0 Å². The lowest BCUT2D eigenvalue weighted by Gasteiger charge is -2.07. The first-order chi connectivity index (χ1) is 4.19. The van der Waals surface area contributed by atoms with Gasteiger partial charge in [-0.1, -0.05) is 0 Å². The van der Waals surface area contributed by atoms with Gasteiger partial charge < -0.3 is 5.11 Å². The second kappa shape index (κ2) is 2.15. The molecule has 0 aromatic heterocycles. The van der Waals surface area contributed by atoms with Crippen molar-refractivity contribution < 1.29 is 26.6 Å². The highest BCUT2D eigenvalue weighted by Crippen LogP contribution is 2.20. The molecule has 1 N–H and O–H groups in total. The molecule has 1 atom stereocenters. The average molecular weight is 174 g/mol. The van der Waals surface area contributed by atoms with Crippen LogP contribution < -0.4 is 0 Å². The molecule has 0 amide bonds. The van der Waals surface area contributed by atoms with Crippen LogP contribution >= 0.6 is 0 Å². The highest BCUT2D eigenvalue weighted by molar-refractivity contribution is 7.88. The molecule has 10 heavy (non-hydrogen) atoms. The van der Waals surface area contributed by atoms with Crippen molar-refractivity contribution in [2.75, 3.05) is 0 Å². The molecule has 0 aromatic carbocycles. The van der Waals surface area contributed by atoms with Crippen molar-refractivity contribution >= 4 is 16.2 Å². The Morgan fingerprint density at radius 2 is 1.90 bits per heavy atom. The van der Waals surface area contributed by atoms with Crippen LogP contribution in [0.4, 0.5) is 8.28 Å². The van der Waals surface area contributed by atoms with Gasteiger partial charge in [-0.25, -0.2) is 9.18 Å². The Morgan fingerprint density at radius 3 is 1.90 bits per heavy atom. The minimum absolute atomic E-state index is 0.116. The van der Waals surface area contributed by atoms with E-state index in [0.29, 0.717) is 0 Å². The molecule has 0 rings (SSSR count). The average Bonchev–Trinajstić information content (AvgIpc) is 1.62. The first-order valence-electron chi connectivity index (χ1n) is 2.06.